The van der Waals surface area contributed by atoms with E-state index in [0.717, 1.165) is 59.8 Å². The molecule has 119 heavy (non-hydrogen) atoms. The molecular weight excluding hydrogens is 1440 g/mol. The Morgan fingerprint density at radius 1 is 0.252 bits per heavy atom. The molecule has 23 rings (SSSR count). The maximum absolute atomic E-state index is 12.3. The fourth-order valence-corrected chi connectivity index (χ4v) is 18.4. The lowest BCUT2D eigenvalue weighted by Gasteiger charge is -2.46. The topological polar surface area (TPSA) is 16.3 Å². The first-order chi connectivity index (χ1) is 66.7. The molecule has 5 heteroatoms. The Bertz CT molecular complexity index is 8850. The number of aromatic nitrogens is 2. The molecule has 4 heterocycles. The maximum atomic E-state index is 12.3. The van der Waals surface area contributed by atoms with E-state index in [4.69, 9.17) is 0 Å². The lowest BCUT2D eigenvalue weighted by molar-refractivity contribution is 0.590. The fourth-order valence-electron chi connectivity index (χ4n) is 18.4. The molecule has 0 spiro atoms. The average molecular weight is 1540 g/mol. The van der Waals surface area contributed by atoms with Crippen LogP contribution in [0.4, 0.5) is 34.1 Å². The Morgan fingerprint density at radius 2 is 0.613 bits per heavy atom. The molecule has 0 unspecified atom stereocenters. The van der Waals surface area contributed by atoms with Crippen molar-refractivity contribution in [3.8, 4) is 78.1 Å². The minimum Gasteiger partial charge on any atom is -0.310 e. The van der Waals surface area contributed by atoms with E-state index < -0.39 is 138 Å². The summed E-state index contributed by atoms with van der Waals surface area (Å²) in [6.45, 7) is 10.9. The molecule has 21 aromatic rings. The highest BCUT2D eigenvalue weighted by molar-refractivity contribution is 7.00. The Balaban J connectivity index is 0.979. The van der Waals surface area contributed by atoms with E-state index in [9.17, 15) is 27.4 Å². The van der Waals surface area contributed by atoms with Crippen LogP contribution in [-0.4, -0.2) is 15.8 Å². The first kappa shape index (κ1) is 52.1. The third-order valence-electron chi connectivity index (χ3n) is 24.0. The second-order valence-corrected chi connectivity index (χ2v) is 33.0. The standard InChI is InChI=1S/C114H83BN4/c1-113(2,3)80-66-94(74-36-15-9-16-37-74)112(95(67-80)75-38-17-10-18-39-75)119-107-71-83(117-103-53-30-28-49-91(103)99-63-77(55-61-105(99)117)73-34-13-8-14-35-73)57-59-101(107)115-100-58-56-82(116-102-52-29-27-48-90(102)98-62-76(54-60-104(98)116)72-32-11-7-12-33-72)70-106(100)118(108-68-81(114(4,5)6)69-109(119)110(108)115)111-92(96-64-78-40-19-21-42-84(78)86-44-23-25-46-88(86)96)50-31-51-93(111)97-65-79-41-20-22-43-85(79)87-45-24-26-47-89(87)97/h7-71H,1-6H3/i27D,28D,29D,30D,48D,49D,52D,53D,54D,55D,56D,57D,58D,59D,60D,61D,62D,63D,70D,71D. The zero-order valence-corrected chi connectivity index (χ0v) is 65.8. The summed E-state index contributed by atoms with van der Waals surface area (Å²) in [5.74, 6) is 0. The molecule has 2 aliphatic heterocycles. The van der Waals surface area contributed by atoms with E-state index in [1.165, 1.54) is 9.13 Å². The number of benzene rings is 19. The predicted octanol–water partition coefficient (Wildman–Crippen LogP) is 29.2. The number of para-hydroxylation sites is 3. The number of nitrogens with zero attached hydrogens (tertiary/aromatic N) is 4. The number of hydrogen-bond acceptors (Lipinski definition) is 2. The van der Waals surface area contributed by atoms with Crippen molar-refractivity contribution in [1.82, 2.24) is 9.13 Å². The van der Waals surface area contributed by atoms with E-state index in [1.807, 2.05) is 143 Å². The Hall–Kier alpha value is -14.5. The monoisotopic (exact) mass is 1540 g/mol. The molecule has 0 fully saturated rings. The third-order valence-corrected chi connectivity index (χ3v) is 24.0. The zero-order chi connectivity index (χ0) is 96.9. The van der Waals surface area contributed by atoms with Gasteiger partial charge < -0.3 is 18.9 Å². The van der Waals surface area contributed by atoms with Crippen molar-refractivity contribution in [3.63, 3.8) is 0 Å². The van der Waals surface area contributed by atoms with Crippen LogP contribution in [0.15, 0.2) is 394 Å². The van der Waals surface area contributed by atoms with E-state index in [2.05, 4.69) is 120 Å². The minimum atomic E-state index is -1.67. The summed E-state index contributed by atoms with van der Waals surface area (Å²) in [7, 11) is 0. The van der Waals surface area contributed by atoms with Crippen molar-refractivity contribution < 1.29 is 27.4 Å². The molecule has 0 aliphatic carbocycles. The second-order valence-electron chi connectivity index (χ2n) is 33.0. The predicted molar refractivity (Wildman–Crippen MR) is 509 cm³/mol. The van der Waals surface area contributed by atoms with Crippen LogP contribution in [0.5, 0.6) is 0 Å². The summed E-state index contributed by atoms with van der Waals surface area (Å²) >= 11 is 0. The Morgan fingerprint density at radius 3 is 1.04 bits per heavy atom. The van der Waals surface area contributed by atoms with Crippen LogP contribution >= 0.6 is 0 Å². The first-order valence-electron chi connectivity index (χ1n) is 50.2. The molecule has 0 amide bonds. The summed E-state index contributed by atoms with van der Waals surface area (Å²) in [4.78, 5) is 3.94. The molecule has 19 aromatic carbocycles. The first-order valence-corrected chi connectivity index (χ1v) is 40.2. The van der Waals surface area contributed by atoms with Crippen LogP contribution in [0.2, 0.25) is 0 Å². The SMILES string of the molecule is [2H]c1c([2H])c(-n2c3c([2H])c([2H])c([2H])c([2H])c3c3c([2H])c(-c4ccccc4)c([2H])c([2H])c32)c([2H])c2c1B1c3c(cc(C(C)(C)C)cc3N(c3c(-c4cc5ccccc5c5ccccc45)cccc3-c3cc4ccccc4c4ccccc34)c3c([2H])c(-n4c5c([2H])c([2H])c([2H])c([2H])c5c5c([2H])c(-c6ccccc6)c([2H])c([2H])c54)c([2H])c([2H])c31)N2c1c(-c2ccccc2)cc(C(C)(C)C)cc1-c1ccccc1. The number of fused-ring (bicyclic) bond motifs is 16. The van der Waals surface area contributed by atoms with Gasteiger partial charge in [-0.1, -0.05) is 339 Å². The summed E-state index contributed by atoms with van der Waals surface area (Å²) in [5, 5.41) is 6.19. The van der Waals surface area contributed by atoms with Gasteiger partial charge >= 0.3 is 0 Å². The molecule has 0 bridgehead atoms. The van der Waals surface area contributed by atoms with Gasteiger partial charge in [-0.15, -0.1) is 0 Å². The summed E-state index contributed by atoms with van der Waals surface area (Å²) in [5.41, 5.74) is 4.81. The largest absolute Gasteiger partial charge is 0.310 e. The molecule has 0 radical (unpaired) electrons. The van der Waals surface area contributed by atoms with Crippen molar-refractivity contribution in [3.05, 3.63) is 405 Å². The maximum Gasteiger partial charge on any atom is 0.252 e. The van der Waals surface area contributed by atoms with E-state index in [1.54, 1.807) is 60.7 Å². The van der Waals surface area contributed by atoms with E-state index in [-0.39, 0.29) is 89.1 Å². The van der Waals surface area contributed by atoms with Crippen molar-refractivity contribution in [2.75, 3.05) is 9.80 Å². The van der Waals surface area contributed by atoms with E-state index in [0.29, 0.717) is 78.3 Å². The smallest absolute Gasteiger partial charge is 0.252 e. The van der Waals surface area contributed by atoms with Crippen LogP contribution in [0.25, 0.3) is 165 Å². The lowest BCUT2D eigenvalue weighted by Crippen LogP contribution is -2.61. The van der Waals surface area contributed by atoms with Crippen LogP contribution in [0, 0.1) is 0 Å². The van der Waals surface area contributed by atoms with Gasteiger partial charge in [-0.2, -0.15) is 0 Å². The Kier molecular flexibility index (Phi) is 11.8. The second kappa shape index (κ2) is 27.0. The highest BCUT2D eigenvalue weighted by Crippen LogP contribution is 2.57. The average Bonchev–Trinajstić information content (AvgIpc) is 1.64. The highest BCUT2D eigenvalue weighted by Gasteiger charge is 2.47. The Labute approximate surface area is 722 Å². The molecule has 2 aromatic heterocycles. The van der Waals surface area contributed by atoms with Gasteiger partial charge in [-0.05, 0) is 223 Å². The van der Waals surface area contributed by atoms with Gasteiger partial charge in [-0.3, -0.25) is 0 Å². The minimum absolute atomic E-state index is 0.0303. The normalized spacial score (nSPS) is 15.1. The van der Waals surface area contributed by atoms with Gasteiger partial charge in [0.15, 0.2) is 0 Å². The highest BCUT2D eigenvalue weighted by atomic mass is 15.2. The van der Waals surface area contributed by atoms with Crippen molar-refractivity contribution >= 4 is 144 Å². The lowest BCUT2D eigenvalue weighted by atomic mass is 9.33. The molecule has 0 atom stereocenters. The summed E-state index contributed by atoms with van der Waals surface area (Å²) in [6.07, 6.45) is 0. The molecule has 562 valence electrons. The fraction of sp³-hybridized carbons (Fsp3) is 0.0702. The van der Waals surface area contributed by atoms with Crippen LogP contribution in [-0.2, 0) is 10.8 Å². The number of anilines is 6. The summed E-state index contributed by atoms with van der Waals surface area (Å²) < 4.78 is 214. The van der Waals surface area contributed by atoms with Crippen molar-refractivity contribution in [2.24, 2.45) is 0 Å². The van der Waals surface area contributed by atoms with E-state index >= 15 is 0 Å². The van der Waals surface area contributed by atoms with Gasteiger partial charge in [0, 0.05) is 77.9 Å². The quantitative estimate of drug-likeness (QED) is 0.100. The van der Waals surface area contributed by atoms with Gasteiger partial charge in [-0.25, -0.2) is 0 Å². The molecule has 0 saturated heterocycles. The van der Waals surface area contributed by atoms with Crippen LogP contribution < -0.4 is 26.2 Å². The number of hydrogen-bond donors (Lipinski definition) is 0. The molecular formula is C114H83BN4. The van der Waals surface area contributed by atoms with Crippen LogP contribution in [0.1, 0.15) is 80.1 Å². The van der Waals surface area contributed by atoms with Gasteiger partial charge in [0.1, 0.15) is 0 Å². The van der Waals surface area contributed by atoms with Gasteiger partial charge in [0.25, 0.3) is 6.71 Å². The molecule has 2 aliphatic rings. The zero-order valence-electron chi connectivity index (χ0n) is 85.8. The molecule has 4 nitrogen and oxygen atoms in total. The number of rotatable bonds is 10. The summed E-state index contributed by atoms with van der Waals surface area (Å²) in [6, 6.07) is 75.7. The van der Waals surface area contributed by atoms with Crippen molar-refractivity contribution in [1.29, 1.82) is 0 Å². The van der Waals surface area contributed by atoms with Gasteiger partial charge in [0.2, 0.25) is 0 Å². The molecule has 0 N–H and O–H groups in total. The molecule has 0 saturated carbocycles. The van der Waals surface area contributed by atoms with Crippen molar-refractivity contribution in [2.45, 2.75) is 52.4 Å². The van der Waals surface area contributed by atoms with Crippen LogP contribution in [0.3, 0.4) is 0 Å². The third kappa shape index (κ3) is 11.1. The van der Waals surface area contributed by atoms with Gasteiger partial charge in [0.05, 0.1) is 60.9 Å².